The number of H-pyrrole nitrogens is 1. The van der Waals surface area contributed by atoms with Gasteiger partial charge in [0, 0.05) is 35.8 Å². The predicted molar refractivity (Wildman–Crippen MR) is 129 cm³/mol. The molecular weight excluding hydrogens is 414 g/mol. The van der Waals surface area contributed by atoms with Crippen molar-refractivity contribution in [2.24, 2.45) is 0 Å². The number of hydrogen-bond donors (Lipinski definition) is 2. The number of aromatic amines is 1. The van der Waals surface area contributed by atoms with Gasteiger partial charge >= 0.3 is 0 Å². The summed E-state index contributed by atoms with van der Waals surface area (Å²) in [4.78, 5) is 43.6. The van der Waals surface area contributed by atoms with Crippen LogP contribution in [0, 0.1) is 13.8 Å². The molecule has 6 nitrogen and oxygen atoms in total. The van der Waals surface area contributed by atoms with Crippen molar-refractivity contribution in [1.82, 2.24) is 15.2 Å². The van der Waals surface area contributed by atoms with Crippen molar-refractivity contribution in [3.8, 4) is 0 Å². The molecule has 1 saturated heterocycles. The number of fused-ring (bicyclic) bond motifs is 1. The van der Waals surface area contributed by atoms with Crippen molar-refractivity contribution in [3.05, 3.63) is 70.4 Å². The zero-order valence-electron chi connectivity index (χ0n) is 19.5. The highest BCUT2D eigenvalue weighted by Crippen LogP contribution is 2.23. The third-order valence-corrected chi connectivity index (χ3v) is 6.52. The minimum atomic E-state index is -0.524. The summed E-state index contributed by atoms with van der Waals surface area (Å²) >= 11 is 0. The summed E-state index contributed by atoms with van der Waals surface area (Å²) in [6.45, 7) is 7.28. The predicted octanol–water partition coefficient (Wildman–Crippen LogP) is 4.86. The molecule has 0 radical (unpaired) electrons. The lowest BCUT2D eigenvalue weighted by molar-refractivity contribution is -0.126. The fourth-order valence-corrected chi connectivity index (χ4v) is 4.65. The van der Waals surface area contributed by atoms with Gasteiger partial charge in [0.1, 0.15) is 0 Å². The maximum Gasteiger partial charge on any atom is 0.295 e. The van der Waals surface area contributed by atoms with Crippen molar-refractivity contribution in [3.63, 3.8) is 0 Å². The smallest absolute Gasteiger partial charge is 0.295 e. The number of carbonyl (C=O) groups is 3. The van der Waals surface area contributed by atoms with Crippen LogP contribution in [-0.2, 0) is 4.79 Å². The number of nitrogens with one attached hydrogen (secondary N) is 2. The molecule has 0 aliphatic carbocycles. The Bertz CT molecular complexity index is 1200. The Morgan fingerprint density at radius 1 is 0.970 bits per heavy atom. The number of ketones is 1. The minimum Gasteiger partial charge on any atom is -0.360 e. The van der Waals surface area contributed by atoms with Crippen LogP contribution in [-0.4, -0.2) is 40.6 Å². The van der Waals surface area contributed by atoms with Gasteiger partial charge in [-0.25, -0.2) is 0 Å². The van der Waals surface area contributed by atoms with Crippen molar-refractivity contribution in [2.75, 3.05) is 13.1 Å². The molecule has 1 aliphatic rings. The molecule has 2 N–H and O–H groups in total. The Morgan fingerprint density at radius 3 is 2.39 bits per heavy atom. The van der Waals surface area contributed by atoms with Crippen LogP contribution in [0.25, 0.3) is 10.9 Å². The number of aromatic nitrogens is 1. The average Bonchev–Trinajstić information content (AvgIpc) is 3.02. The zero-order valence-corrected chi connectivity index (χ0v) is 19.5. The van der Waals surface area contributed by atoms with E-state index in [0.717, 1.165) is 42.3 Å². The molecule has 2 aromatic carbocycles. The third-order valence-electron chi connectivity index (χ3n) is 6.52. The van der Waals surface area contributed by atoms with Gasteiger partial charge in [-0.3, -0.25) is 14.4 Å². The molecule has 172 valence electrons. The standard InChI is InChI=1S/C27H31N3O3/c1-17-8-10-21(18(2)14-17)19(3)29-26(32)20-9-11-24-22(15-20)23(16-28-24)25(31)27(33)30-12-6-4-5-7-13-30/h8-11,14-16,19,28H,4-7,12-13H2,1-3H3,(H,29,32)/t19-/m1/s1. The molecular formula is C27H31N3O3. The van der Waals surface area contributed by atoms with Gasteiger partial charge in [0.2, 0.25) is 0 Å². The van der Waals surface area contributed by atoms with Crippen LogP contribution < -0.4 is 5.32 Å². The van der Waals surface area contributed by atoms with E-state index in [4.69, 9.17) is 0 Å². The summed E-state index contributed by atoms with van der Waals surface area (Å²) in [5.74, 6) is -1.21. The largest absolute Gasteiger partial charge is 0.360 e. The van der Waals surface area contributed by atoms with Crippen LogP contribution in [0.1, 0.15) is 76.1 Å². The molecule has 4 rings (SSSR count). The molecule has 0 unspecified atom stereocenters. The minimum absolute atomic E-state index is 0.161. The van der Waals surface area contributed by atoms with Crippen LogP contribution in [0.5, 0.6) is 0 Å². The van der Waals surface area contributed by atoms with E-state index in [9.17, 15) is 14.4 Å². The van der Waals surface area contributed by atoms with Crippen molar-refractivity contribution in [2.45, 2.75) is 52.5 Å². The molecule has 0 bridgehead atoms. The first-order valence-corrected chi connectivity index (χ1v) is 11.7. The second-order valence-corrected chi connectivity index (χ2v) is 9.05. The second kappa shape index (κ2) is 9.61. The highest BCUT2D eigenvalue weighted by Gasteiger charge is 2.26. The normalized spacial score (nSPS) is 15.2. The number of carbonyl (C=O) groups excluding carboxylic acids is 3. The van der Waals surface area contributed by atoms with E-state index in [1.54, 1.807) is 29.3 Å². The van der Waals surface area contributed by atoms with Crippen LogP contribution in [0.2, 0.25) is 0 Å². The van der Waals surface area contributed by atoms with Gasteiger partial charge in [-0.05, 0) is 62.9 Å². The Kier molecular flexibility index (Phi) is 6.63. The Labute approximate surface area is 194 Å². The third kappa shape index (κ3) is 4.85. The number of amides is 2. The van der Waals surface area contributed by atoms with E-state index < -0.39 is 11.7 Å². The number of likely N-dealkylation sites (tertiary alicyclic amines) is 1. The lowest BCUT2D eigenvalue weighted by Crippen LogP contribution is -2.37. The second-order valence-electron chi connectivity index (χ2n) is 9.05. The summed E-state index contributed by atoms with van der Waals surface area (Å²) in [7, 11) is 0. The lowest BCUT2D eigenvalue weighted by Gasteiger charge is -2.19. The molecule has 0 saturated carbocycles. The van der Waals surface area contributed by atoms with Crippen LogP contribution in [0.4, 0.5) is 0 Å². The summed E-state index contributed by atoms with van der Waals surface area (Å²) in [6.07, 6.45) is 5.60. The molecule has 0 spiro atoms. The summed E-state index contributed by atoms with van der Waals surface area (Å²) in [5, 5.41) is 3.64. The first-order valence-electron chi connectivity index (χ1n) is 11.7. The monoisotopic (exact) mass is 445 g/mol. The topological polar surface area (TPSA) is 82.3 Å². The average molecular weight is 446 g/mol. The molecule has 33 heavy (non-hydrogen) atoms. The fourth-order valence-electron chi connectivity index (χ4n) is 4.65. The van der Waals surface area contributed by atoms with Crippen molar-refractivity contribution in [1.29, 1.82) is 0 Å². The number of benzene rings is 2. The number of hydrogen-bond acceptors (Lipinski definition) is 3. The summed E-state index contributed by atoms with van der Waals surface area (Å²) in [6, 6.07) is 11.2. The maximum atomic E-state index is 13.0. The van der Waals surface area contributed by atoms with E-state index in [2.05, 4.69) is 16.4 Å². The first-order chi connectivity index (χ1) is 15.8. The van der Waals surface area contributed by atoms with Crippen LogP contribution >= 0.6 is 0 Å². The molecule has 2 amide bonds. The van der Waals surface area contributed by atoms with Gasteiger partial charge in [-0.15, -0.1) is 0 Å². The Balaban J connectivity index is 1.55. The molecule has 2 heterocycles. The molecule has 3 aromatic rings. The van der Waals surface area contributed by atoms with Gasteiger partial charge in [0.05, 0.1) is 11.6 Å². The first kappa shape index (κ1) is 22.8. The van der Waals surface area contributed by atoms with Gasteiger partial charge < -0.3 is 15.2 Å². The molecule has 6 heteroatoms. The Hall–Kier alpha value is -3.41. The number of aryl methyl sites for hydroxylation is 2. The van der Waals surface area contributed by atoms with E-state index in [0.29, 0.717) is 29.6 Å². The maximum absolute atomic E-state index is 13.0. The molecule has 1 fully saturated rings. The van der Waals surface area contributed by atoms with Crippen LogP contribution in [0.3, 0.4) is 0 Å². The summed E-state index contributed by atoms with van der Waals surface area (Å²) < 4.78 is 0. The lowest BCUT2D eigenvalue weighted by atomic mass is 9.99. The fraction of sp³-hybridized carbons (Fsp3) is 0.370. The van der Waals surface area contributed by atoms with E-state index >= 15 is 0 Å². The number of nitrogens with zero attached hydrogens (tertiary/aromatic N) is 1. The molecule has 1 aromatic heterocycles. The number of Topliss-reactive ketones (excluding diaryl/α,β-unsaturated/α-hetero) is 1. The van der Waals surface area contributed by atoms with Crippen molar-refractivity contribution < 1.29 is 14.4 Å². The van der Waals surface area contributed by atoms with Gasteiger partial charge in [0.15, 0.2) is 0 Å². The quantitative estimate of drug-likeness (QED) is 0.435. The van der Waals surface area contributed by atoms with E-state index in [1.807, 2.05) is 32.9 Å². The molecule has 1 atom stereocenters. The van der Waals surface area contributed by atoms with Gasteiger partial charge in [0.25, 0.3) is 17.6 Å². The van der Waals surface area contributed by atoms with Gasteiger partial charge in [-0.1, -0.05) is 36.6 Å². The van der Waals surface area contributed by atoms with Crippen LogP contribution in [0.15, 0.2) is 42.6 Å². The highest BCUT2D eigenvalue weighted by molar-refractivity contribution is 6.44. The Morgan fingerprint density at radius 2 is 1.70 bits per heavy atom. The van der Waals surface area contributed by atoms with E-state index in [1.165, 1.54) is 5.56 Å². The molecule has 1 aliphatic heterocycles. The number of rotatable bonds is 5. The SMILES string of the molecule is Cc1ccc([C@@H](C)NC(=O)c2ccc3[nH]cc(C(=O)C(=O)N4CCCCCC4)c3c2)c(C)c1. The highest BCUT2D eigenvalue weighted by atomic mass is 16.2. The summed E-state index contributed by atoms with van der Waals surface area (Å²) in [5.41, 5.74) is 4.87. The van der Waals surface area contributed by atoms with Crippen molar-refractivity contribution >= 4 is 28.5 Å². The zero-order chi connectivity index (χ0) is 23.5. The van der Waals surface area contributed by atoms with Gasteiger partial charge in [-0.2, -0.15) is 0 Å². The van der Waals surface area contributed by atoms with E-state index in [-0.39, 0.29) is 11.9 Å².